The normalized spacial score (nSPS) is 24.9. The van der Waals surface area contributed by atoms with Crippen LogP contribution >= 0.6 is 0 Å². The lowest BCUT2D eigenvalue weighted by Gasteiger charge is -2.36. The zero-order chi connectivity index (χ0) is 64.2. The maximum atomic E-state index is 13.2. The van der Waals surface area contributed by atoms with E-state index < -0.39 is 54.2 Å². The Morgan fingerprint density at radius 2 is 0.678 bits per heavy atom. The van der Waals surface area contributed by atoms with Gasteiger partial charge in [0.15, 0.2) is 19.8 Å². The SMILES string of the molecule is CCc1cc(OCC(C)(F)F)cc(C)c1C1=C(O)C2(CCC(OC)CC2)NC1=O.CCc1cc(OCC(C)(F)F)cc(CC)c1C1=C(O)C2(CCC(OC)CC2)NC1=O.COC1CCC2(CC1)NC(=O)C(c1c(C)cc(OCC(C)(F)F)cc1C)=C2O. The molecule has 3 aromatic carbocycles. The van der Waals surface area contributed by atoms with Crippen LogP contribution in [0.15, 0.2) is 53.7 Å². The lowest BCUT2D eigenvalue weighted by Crippen LogP contribution is -2.48. The van der Waals surface area contributed by atoms with Gasteiger partial charge in [-0.1, -0.05) is 20.8 Å². The summed E-state index contributed by atoms with van der Waals surface area (Å²) in [6.45, 7) is 11.4. The van der Waals surface area contributed by atoms with Gasteiger partial charge in [0.05, 0.1) is 51.6 Å². The summed E-state index contributed by atoms with van der Waals surface area (Å²) in [4.78, 5) is 38.6. The Bertz CT molecular complexity index is 3070. The minimum atomic E-state index is -2.93. The number of benzene rings is 3. The number of aliphatic hydroxyl groups excluding tert-OH is 3. The molecule has 0 saturated heterocycles. The average Bonchev–Trinajstić information content (AvgIpc) is 1.65. The number of methoxy groups -OCH3 is 3. The zero-order valence-corrected chi connectivity index (χ0v) is 52.2. The second kappa shape index (κ2) is 27.1. The summed E-state index contributed by atoms with van der Waals surface area (Å²) in [5.41, 5.74) is 5.00. The van der Waals surface area contributed by atoms with E-state index in [2.05, 4.69) is 16.0 Å². The van der Waals surface area contributed by atoms with Crippen molar-refractivity contribution >= 4 is 34.4 Å². The third-order valence-electron chi connectivity index (χ3n) is 17.7. The number of aliphatic hydroxyl groups is 3. The Kier molecular flexibility index (Phi) is 21.2. The molecule has 87 heavy (non-hydrogen) atoms. The van der Waals surface area contributed by atoms with Crippen LogP contribution in [0.3, 0.4) is 0 Å². The number of halogens is 6. The van der Waals surface area contributed by atoms with E-state index in [1.165, 1.54) is 0 Å². The molecule has 0 aromatic heterocycles. The molecule has 21 heteroatoms. The molecule has 3 fully saturated rings. The van der Waals surface area contributed by atoms with Crippen molar-refractivity contribution in [1.82, 2.24) is 16.0 Å². The van der Waals surface area contributed by atoms with Gasteiger partial charge in [-0.3, -0.25) is 14.4 Å². The summed E-state index contributed by atoms with van der Waals surface area (Å²) in [6.07, 6.45) is 10.3. The van der Waals surface area contributed by atoms with Gasteiger partial charge in [0.2, 0.25) is 0 Å². The number of carbonyl (C=O) groups is 3. The van der Waals surface area contributed by atoms with Crippen LogP contribution in [-0.2, 0) is 47.9 Å². The summed E-state index contributed by atoms with van der Waals surface area (Å²) in [5.74, 6) is -8.49. The number of nitrogens with one attached hydrogen (secondary N) is 3. The van der Waals surface area contributed by atoms with Gasteiger partial charge in [0.25, 0.3) is 35.5 Å². The minimum Gasteiger partial charge on any atom is -0.509 e. The molecule has 0 atom stereocenters. The van der Waals surface area contributed by atoms with Crippen LogP contribution in [0.1, 0.15) is 169 Å². The molecule has 3 aromatic rings. The summed E-state index contributed by atoms with van der Waals surface area (Å²) in [6, 6.07) is 9.94. The van der Waals surface area contributed by atoms with Crippen molar-refractivity contribution in [1.29, 1.82) is 0 Å². The van der Waals surface area contributed by atoms with Crippen molar-refractivity contribution in [2.45, 2.75) is 211 Å². The van der Waals surface area contributed by atoms with E-state index in [1.54, 1.807) is 78.5 Å². The lowest BCUT2D eigenvalue weighted by atomic mass is 9.78. The number of rotatable bonds is 18. The number of hydrogen-bond acceptors (Lipinski definition) is 12. The Balaban J connectivity index is 0.000000187. The van der Waals surface area contributed by atoms with Gasteiger partial charge in [-0.2, -0.15) is 0 Å². The maximum absolute atomic E-state index is 13.2. The number of carbonyl (C=O) groups excluding carboxylic acids is 3. The number of aryl methyl sites for hydroxylation is 6. The molecule has 6 aliphatic rings. The molecule has 3 saturated carbocycles. The second-order valence-electron chi connectivity index (χ2n) is 24.5. The fourth-order valence-corrected chi connectivity index (χ4v) is 13.1. The van der Waals surface area contributed by atoms with Crippen LogP contribution in [0.5, 0.6) is 17.2 Å². The van der Waals surface area contributed by atoms with Gasteiger partial charge in [-0.05, 0) is 204 Å². The smallest absolute Gasteiger partial charge is 0.278 e. The Labute approximate surface area is 506 Å². The van der Waals surface area contributed by atoms with Crippen molar-refractivity contribution in [2.24, 2.45) is 0 Å². The summed E-state index contributed by atoms with van der Waals surface area (Å²) >= 11 is 0. The monoisotopic (exact) mass is 1230 g/mol. The van der Waals surface area contributed by atoms with Crippen LogP contribution in [-0.4, -0.2) is 127 Å². The van der Waals surface area contributed by atoms with Crippen molar-refractivity contribution in [2.75, 3.05) is 41.2 Å². The van der Waals surface area contributed by atoms with E-state index in [1.807, 2.05) is 20.8 Å². The van der Waals surface area contributed by atoms with Gasteiger partial charge in [0.1, 0.15) is 34.5 Å². The Morgan fingerprint density at radius 3 is 0.954 bits per heavy atom. The van der Waals surface area contributed by atoms with Crippen molar-refractivity contribution in [3.8, 4) is 17.2 Å². The van der Waals surface area contributed by atoms with Crippen molar-refractivity contribution < 1.29 is 84.5 Å². The minimum absolute atomic E-state index is 0.0620. The molecule has 3 heterocycles. The van der Waals surface area contributed by atoms with Gasteiger partial charge >= 0.3 is 0 Å². The zero-order valence-electron chi connectivity index (χ0n) is 52.2. The van der Waals surface area contributed by atoms with E-state index >= 15 is 0 Å². The average molecular weight is 1230 g/mol. The predicted octanol–water partition coefficient (Wildman–Crippen LogP) is 13.0. The first-order valence-electron chi connectivity index (χ1n) is 30.1. The molecule has 15 nitrogen and oxygen atoms in total. The highest BCUT2D eigenvalue weighted by molar-refractivity contribution is 6.25. The molecule has 6 N–H and O–H groups in total. The fourth-order valence-electron chi connectivity index (χ4n) is 13.1. The molecular formula is C66H87F6N3O12. The molecular weight excluding hydrogens is 1140 g/mol. The van der Waals surface area contributed by atoms with Crippen molar-refractivity contribution in [3.05, 3.63) is 104 Å². The Hall–Kier alpha value is -6.45. The van der Waals surface area contributed by atoms with E-state index in [9.17, 15) is 56.0 Å². The molecule has 3 amide bonds. The van der Waals surface area contributed by atoms with E-state index in [0.29, 0.717) is 114 Å². The van der Waals surface area contributed by atoms with Crippen LogP contribution in [0.25, 0.3) is 16.7 Å². The molecule has 9 rings (SSSR count). The largest absolute Gasteiger partial charge is 0.509 e. The highest BCUT2D eigenvalue weighted by atomic mass is 19.3. The highest BCUT2D eigenvalue weighted by Gasteiger charge is 2.51. The van der Waals surface area contributed by atoms with Crippen LogP contribution < -0.4 is 30.2 Å². The Morgan fingerprint density at radius 1 is 0.437 bits per heavy atom. The second-order valence-corrected chi connectivity index (χ2v) is 24.5. The molecule has 3 aliphatic carbocycles. The quantitative estimate of drug-likeness (QED) is 0.0659. The molecule has 3 aliphatic heterocycles. The molecule has 3 spiro atoms. The molecule has 480 valence electrons. The predicted molar refractivity (Wildman–Crippen MR) is 319 cm³/mol. The van der Waals surface area contributed by atoms with Gasteiger partial charge in [-0.15, -0.1) is 0 Å². The number of ether oxygens (including phenoxy) is 6. The first-order chi connectivity index (χ1) is 40.8. The number of alkyl halides is 6. The van der Waals surface area contributed by atoms with Crippen molar-refractivity contribution in [3.63, 3.8) is 0 Å². The topological polar surface area (TPSA) is 203 Å². The summed E-state index contributed by atoms with van der Waals surface area (Å²) in [5, 5.41) is 42.3. The maximum Gasteiger partial charge on any atom is 0.278 e. The number of amides is 3. The first kappa shape index (κ1) is 68.0. The van der Waals surface area contributed by atoms with E-state index in [4.69, 9.17) is 28.4 Å². The van der Waals surface area contributed by atoms with Crippen LogP contribution in [0.4, 0.5) is 26.3 Å². The highest BCUT2D eigenvalue weighted by Crippen LogP contribution is 2.47. The lowest BCUT2D eigenvalue weighted by molar-refractivity contribution is -0.117. The third-order valence-corrected chi connectivity index (χ3v) is 17.7. The third kappa shape index (κ3) is 15.3. The first-order valence-corrected chi connectivity index (χ1v) is 30.1. The van der Waals surface area contributed by atoms with E-state index in [-0.39, 0.29) is 64.5 Å². The van der Waals surface area contributed by atoms with Crippen LogP contribution in [0.2, 0.25) is 0 Å². The van der Waals surface area contributed by atoms with Crippen LogP contribution in [0, 0.1) is 20.8 Å². The standard InChI is InChI=1S/C23H31F2NO4.C22H29F2NO4.C21H27F2NO4/c1-5-14-11-17(30-13-22(3,24)25)12-15(6-2)18(14)19-20(27)23(26-21(19)28)9-7-16(29-4)8-10-23;1-5-14-11-16(29-12-21(3,23)24)10-13(2)17(14)18-19(26)22(25-20(18)27)8-6-15(28-4)7-9-22;1-12-9-15(28-11-20(3,22)23)10-13(2)16(12)17-18(25)21(24-19(17)26)7-5-14(27-4)6-8-21/h11-12,16,27H,5-10,13H2,1-4H3,(H,26,28);10-11,15,26H,5-9,12H2,1-4H3,(H,25,27);9-10,14,25H,5-8,11H2,1-4H3,(H,24,26). The summed E-state index contributed by atoms with van der Waals surface area (Å²) in [7, 11) is 5.02. The van der Waals surface area contributed by atoms with Gasteiger partial charge in [-0.25, -0.2) is 26.3 Å². The number of hydrogen-bond donors (Lipinski definition) is 6. The van der Waals surface area contributed by atoms with E-state index in [0.717, 1.165) is 76.0 Å². The molecule has 0 unspecified atom stereocenters. The van der Waals surface area contributed by atoms with Gasteiger partial charge in [0, 0.05) is 42.1 Å². The molecule has 0 radical (unpaired) electrons. The summed E-state index contributed by atoms with van der Waals surface area (Å²) < 4.78 is 111. The fraction of sp³-hybridized carbons (Fsp3) is 0.591. The molecule has 0 bridgehead atoms. The van der Waals surface area contributed by atoms with Gasteiger partial charge < -0.3 is 59.7 Å².